The van der Waals surface area contributed by atoms with E-state index >= 15 is 0 Å². The summed E-state index contributed by atoms with van der Waals surface area (Å²) in [6.07, 6.45) is 2.94. The van der Waals surface area contributed by atoms with E-state index in [0.717, 1.165) is 11.9 Å². The molecule has 0 fully saturated rings. The van der Waals surface area contributed by atoms with Gasteiger partial charge < -0.3 is 0 Å². The molecule has 0 heterocycles. The molecule has 0 aliphatic rings. The maximum atomic E-state index is 12.1. The lowest BCUT2D eigenvalue weighted by Crippen LogP contribution is -2.36. The molecular formula is C14H26N2O3S2. The second-order valence-electron chi connectivity index (χ2n) is 6.02. The summed E-state index contributed by atoms with van der Waals surface area (Å²) in [6.45, 7) is 11.2. The van der Waals surface area contributed by atoms with Crippen LogP contribution in [0, 0.1) is 5.92 Å². The molecule has 0 aromatic heterocycles. The van der Waals surface area contributed by atoms with Crippen molar-refractivity contribution < 1.29 is 14.4 Å². The summed E-state index contributed by atoms with van der Waals surface area (Å²) in [5.41, 5.74) is 0. The Hall–Kier alpha value is -0.690. The van der Waals surface area contributed by atoms with Gasteiger partial charge in [-0.2, -0.15) is 11.8 Å². The van der Waals surface area contributed by atoms with Crippen LogP contribution in [-0.4, -0.2) is 45.2 Å². The Kier molecular flexibility index (Phi) is 7.81. The van der Waals surface area contributed by atoms with E-state index in [-0.39, 0.29) is 16.4 Å². The zero-order chi connectivity index (χ0) is 16.8. The summed E-state index contributed by atoms with van der Waals surface area (Å²) in [5, 5.41) is 3.71. The highest BCUT2D eigenvalue weighted by Gasteiger charge is 2.33. The van der Waals surface area contributed by atoms with Crippen LogP contribution in [0.2, 0.25) is 0 Å². The van der Waals surface area contributed by atoms with Gasteiger partial charge in [-0.15, -0.1) is 0 Å². The number of ketones is 1. The molecule has 0 saturated heterocycles. The second-order valence-corrected chi connectivity index (χ2v) is 9.23. The van der Waals surface area contributed by atoms with Crippen molar-refractivity contribution in [3.8, 4) is 0 Å². The summed E-state index contributed by atoms with van der Waals surface area (Å²) >= 11 is 2.74. The average molecular weight is 335 g/mol. The first kappa shape index (κ1) is 20.3. The van der Waals surface area contributed by atoms with Crippen LogP contribution in [0.1, 0.15) is 41.5 Å². The van der Waals surface area contributed by atoms with Crippen molar-refractivity contribution in [2.75, 3.05) is 13.3 Å². The maximum Gasteiger partial charge on any atom is 0.445 e. The number of amides is 1. The number of thioether (sulfide) groups is 1. The number of Topliss-reactive ketones (excluding diaryl/α,β-unsaturated/α-hetero) is 1. The van der Waals surface area contributed by atoms with Crippen molar-refractivity contribution in [1.29, 1.82) is 0 Å². The van der Waals surface area contributed by atoms with Gasteiger partial charge in [-0.05, 0) is 45.9 Å². The van der Waals surface area contributed by atoms with Gasteiger partial charge in [-0.3, -0.25) is 13.9 Å². The normalized spacial score (nSPS) is 12.8. The number of hydrogen-bond donors (Lipinski definition) is 0. The Labute approximate surface area is 136 Å². The van der Waals surface area contributed by atoms with Crippen molar-refractivity contribution in [3.63, 3.8) is 0 Å². The average Bonchev–Trinajstić information content (AvgIpc) is 2.36. The fourth-order valence-corrected chi connectivity index (χ4v) is 2.69. The van der Waals surface area contributed by atoms with E-state index < -0.39 is 10.8 Å². The van der Waals surface area contributed by atoms with Gasteiger partial charge in [0.25, 0.3) is 0 Å². The molecule has 0 spiro atoms. The third-order valence-electron chi connectivity index (χ3n) is 2.76. The zero-order valence-electron chi connectivity index (χ0n) is 14.1. The van der Waals surface area contributed by atoms with Gasteiger partial charge in [0.2, 0.25) is 0 Å². The van der Waals surface area contributed by atoms with Gasteiger partial charge in [0, 0.05) is 17.7 Å². The molecule has 1 amide bonds. The molecule has 21 heavy (non-hydrogen) atoms. The summed E-state index contributed by atoms with van der Waals surface area (Å²) in [5.74, 6) is -0.00325. The number of rotatable bonds is 7. The standard InChI is InChI=1S/C14H26N2O3S2/c1-10(2)11(17)14(5,6)21-16(7)12(18)19-15-9-13(3,4)20-8/h9-10H,1-8H3/b15-9+. The molecule has 122 valence electrons. The van der Waals surface area contributed by atoms with Crippen LogP contribution in [0.15, 0.2) is 5.16 Å². The molecule has 5 nitrogen and oxygen atoms in total. The van der Waals surface area contributed by atoms with Gasteiger partial charge in [0.1, 0.15) is 0 Å². The number of hydrogen-bond acceptors (Lipinski definition) is 6. The Morgan fingerprint density at radius 2 is 1.76 bits per heavy atom. The first-order valence-corrected chi connectivity index (χ1v) is 8.70. The van der Waals surface area contributed by atoms with E-state index in [2.05, 4.69) is 5.16 Å². The predicted molar refractivity (Wildman–Crippen MR) is 91.8 cm³/mol. The predicted octanol–water partition coefficient (Wildman–Crippen LogP) is 3.83. The number of nitrogens with zero attached hydrogens (tertiary/aromatic N) is 2. The first-order valence-electron chi connectivity index (χ1n) is 6.71. The fraction of sp³-hybridized carbons (Fsp3) is 0.786. The highest BCUT2D eigenvalue weighted by molar-refractivity contribution is 8.00. The van der Waals surface area contributed by atoms with Crippen LogP contribution >= 0.6 is 23.7 Å². The highest BCUT2D eigenvalue weighted by atomic mass is 32.2. The van der Waals surface area contributed by atoms with Crippen molar-refractivity contribution in [2.45, 2.75) is 51.0 Å². The quantitative estimate of drug-likeness (QED) is 0.306. The lowest BCUT2D eigenvalue weighted by Gasteiger charge is -2.28. The molecule has 0 rings (SSSR count). The molecule has 0 aromatic carbocycles. The SMILES string of the molecule is CSC(C)(C)/C=N/OC(=O)N(C)SC(C)(C)C(=O)C(C)C. The summed E-state index contributed by atoms with van der Waals surface area (Å²) < 4.78 is 0.409. The molecule has 7 heteroatoms. The van der Waals surface area contributed by atoms with Crippen LogP contribution in [-0.2, 0) is 9.63 Å². The van der Waals surface area contributed by atoms with E-state index in [9.17, 15) is 9.59 Å². The first-order chi connectivity index (χ1) is 9.43. The van der Waals surface area contributed by atoms with Gasteiger partial charge >= 0.3 is 6.09 Å². The third-order valence-corrected chi connectivity index (χ3v) is 5.00. The Morgan fingerprint density at radius 1 is 1.24 bits per heavy atom. The smallest absolute Gasteiger partial charge is 0.298 e. The minimum Gasteiger partial charge on any atom is -0.298 e. The maximum absolute atomic E-state index is 12.1. The third kappa shape index (κ3) is 7.22. The van der Waals surface area contributed by atoms with Crippen LogP contribution in [0.3, 0.4) is 0 Å². The van der Waals surface area contributed by atoms with Gasteiger partial charge in [-0.1, -0.05) is 19.0 Å². The number of carbonyl (C=O) groups excluding carboxylic acids is 2. The van der Waals surface area contributed by atoms with Gasteiger partial charge in [0.15, 0.2) is 5.78 Å². The molecule has 0 bridgehead atoms. The molecule has 0 aliphatic carbocycles. The molecule has 0 aromatic rings. The largest absolute Gasteiger partial charge is 0.445 e. The van der Waals surface area contributed by atoms with Crippen molar-refractivity contribution in [3.05, 3.63) is 0 Å². The second kappa shape index (κ2) is 8.08. The molecule has 0 N–H and O–H groups in total. The summed E-state index contributed by atoms with van der Waals surface area (Å²) in [6, 6.07) is 0. The van der Waals surface area contributed by atoms with Crippen molar-refractivity contribution in [1.82, 2.24) is 4.31 Å². The van der Waals surface area contributed by atoms with Gasteiger partial charge in [-0.25, -0.2) is 4.79 Å². The molecular weight excluding hydrogens is 308 g/mol. The highest BCUT2D eigenvalue weighted by Crippen LogP contribution is 2.31. The Balaban J connectivity index is 4.57. The Morgan fingerprint density at radius 3 is 2.19 bits per heavy atom. The monoisotopic (exact) mass is 334 g/mol. The van der Waals surface area contributed by atoms with E-state index in [1.165, 1.54) is 4.31 Å². The van der Waals surface area contributed by atoms with E-state index in [0.29, 0.717) is 0 Å². The minimum absolute atomic E-state index is 0.0826. The molecule has 0 atom stereocenters. The van der Waals surface area contributed by atoms with Crippen LogP contribution in [0.25, 0.3) is 0 Å². The number of oxime groups is 1. The molecule has 0 unspecified atom stereocenters. The number of carbonyl (C=O) groups is 2. The van der Waals surface area contributed by atoms with E-state index in [1.54, 1.807) is 38.9 Å². The van der Waals surface area contributed by atoms with Crippen LogP contribution < -0.4 is 0 Å². The Bertz CT molecular complexity index is 407. The fourth-order valence-electron chi connectivity index (χ4n) is 1.43. The summed E-state index contributed by atoms with van der Waals surface area (Å²) in [7, 11) is 1.57. The van der Waals surface area contributed by atoms with Crippen molar-refractivity contribution >= 4 is 41.8 Å². The lowest BCUT2D eigenvalue weighted by atomic mass is 9.98. The van der Waals surface area contributed by atoms with Crippen LogP contribution in [0.5, 0.6) is 0 Å². The lowest BCUT2D eigenvalue weighted by molar-refractivity contribution is -0.123. The van der Waals surface area contributed by atoms with Gasteiger partial charge in [0.05, 0.1) is 11.0 Å². The molecule has 0 aliphatic heterocycles. The molecule has 0 radical (unpaired) electrons. The minimum atomic E-state index is -0.690. The van der Waals surface area contributed by atoms with E-state index in [1.807, 2.05) is 34.0 Å². The molecule has 0 saturated carbocycles. The zero-order valence-corrected chi connectivity index (χ0v) is 15.7. The summed E-state index contributed by atoms with van der Waals surface area (Å²) in [4.78, 5) is 28.8. The van der Waals surface area contributed by atoms with Crippen molar-refractivity contribution in [2.24, 2.45) is 11.1 Å². The topological polar surface area (TPSA) is 59.0 Å². The van der Waals surface area contributed by atoms with E-state index in [4.69, 9.17) is 4.84 Å². The van der Waals surface area contributed by atoms with Crippen LogP contribution in [0.4, 0.5) is 4.79 Å².